The van der Waals surface area contributed by atoms with Crippen molar-refractivity contribution in [3.63, 3.8) is 0 Å². The zero-order valence-corrected chi connectivity index (χ0v) is 12.1. The molecular formula is C17H26N2. The lowest BCUT2D eigenvalue weighted by Gasteiger charge is -2.50. The molecule has 1 aromatic carbocycles. The minimum Gasteiger partial charge on any atom is -0.306 e. The fourth-order valence-electron chi connectivity index (χ4n) is 3.85. The minimum atomic E-state index is 0.314. The van der Waals surface area contributed by atoms with Crippen LogP contribution in [0.15, 0.2) is 30.3 Å². The molecule has 0 unspecified atom stereocenters. The largest absolute Gasteiger partial charge is 0.306 e. The quantitative estimate of drug-likeness (QED) is 0.804. The van der Waals surface area contributed by atoms with Crippen LogP contribution in [-0.4, -0.2) is 43.0 Å². The Morgan fingerprint density at radius 1 is 0.842 bits per heavy atom. The summed E-state index contributed by atoms with van der Waals surface area (Å²) in [5, 5.41) is 0. The van der Waals surface area contributed by atoms with Gasteiger partial charge in [-0.3, -0.25) is 4.90 Å². The highest BCUT2D eigenvalue weighted by atomic mass is 15.2. The maximum atomic E-state index is 2.79. The molecule has 2 heteroatoms. The Hall–Kier alpha value is -0.860. The molecule has 0 N–H and O–H groups in total. The van der Waals surface area contributed by atoms with Crippen LogP contribution >= 0.6 is 0 Å². The third-order valence-electron chi connectivity index (χ3n) is 5.09. The van der Waals surface area contributed by atoms with Crippen LogP contribution in [0, 0.1) is 0 Å². The maximum absolute atomic E-state index is 2.79. The highest BCUT2D eigenvalue weighted by molar-refractivity contribution is 5.26. The van der Waals surface area contributed by atoms with Crippen LogP contribution in [0.25, 0.3) is 0 Å². The molecule has 3 rings (SSSR count). The van der Waals surface area contributed by atoms with Gasteiger partial charge in [0.15, 0.2) is 0 Å². The molecule has 1 aromatic rings. The van der Waals surface area contributed by atoms with Crippen molar-refractivity contribution in [1.29, 1.82) is 0 Å². The first-order valence-electron chi connectivity index (χ1n) is 7.80. The number of piperidine rings is 2. The molecular weight excluding hydrogens is 232 g/mol. The molecule has 0 bridgehead atoms. The average molecular weight is 258 g/mol. The first-order chi connectivity index (χ1) is 9.31. The molecule has 2 heterocycles. The summed E-state index contributed by atoms with van der Waals surface area (Å²) in [6.45, 7) is 5.04. The van der Waals surface area contributed by atoms with Gasteiger partial charge in [-0.2, -0.15) is 0 Å². The Labute approximate surface area is 117 Å². The molecule has 0 radical (unpaired) electrons. The van der Waals surface area contributed by atoms with Gasteiger partial charge in [0.1, 0.15) is 0 Å². The SMILES string of the molecule is CN1CCC(c2ccccc2)(N2CCCCC2)CC1. The van der Waals surface area contributed by atoms with Gasteiger partial charge in [0.05, 0.1) is 0 Å². The van der Waals surface area contributed by atoms with Crippen molar-refractivity contribution in [1.82, 2.24) is 9.80 Å². The van der Waals surface area contributed by atoms with E-state index in [0.717, 1.165) is 0 Å². The van der Waals surface area contributed by atoms with Crippen LogP contribution in [0.4, 0.5) is 0 Å². The van der Waals surface area contributed by atoms with Crippen molar-refractivity contribution in [3.8, 4) is 0 Å². The van der Waals surface area contributed by atoms with Gasteiger partial charge >= 0.3 is 0 Å². The zero-order chi connectivity index (χ0) is 13.1. The highest BCUT2D eigenvalue weighted by Crippen LogP contribution is 2.40. The van der Waals surface area contributed by atoms with Crippen LogP contribution in [0.1, 0.15) is 37.7 Å². The van der Waals surface area contributed by atoms with Crippen LogP contribution < -0.4 is 0 Å². The van der Waals surface area contributed by atoms with E-state index in [-0.39, 0.29) is 0 Å². The summed E-state index contributed by atoms with van der Waals surface area (Å²) in [7, 11) is 2.26. The normalized spacial score (nSPS) is 25.3. The molecule has 0 aromatic heterocycles. The van der Waals surface area contributed by atoms with Crippen molar-refractivity contribution in [2.24, 2.45) is 0 Å². The predicted octanol–water partition coefficient (Wildman–Crippen LogP) is 3.09. The molecule has 0 saturated carbocycles. The topological polar surface area (TPSA) is 6.48 Å². The van der Waals surface area contributed by atoms with Gasteiger partial charge in [0.25, 0.3) is 0 Å². The summed E-state index contributed by atoms with van der Waals surface area (Å²) < 4.78 is 0. The third-order valence-corrected chi connectivity index (χ3v) is 5.09. The molecule has 104 valence electrons. The Kier molecular flexibility index (Phi) is 3.90. The van der Waals surface area contributed by atoms with Gasteiger partial charge < -0.3 is 4.90 Å². The number of hydrogen-bond acceptors (Lipinski definition) is 2. The van der Waals surface area contributed by atoms with E-state index >= 15 is 0 Å². The average Bonchev–Trinajstić information content (AvgIpc) is 2.50. The molecule has 0 spiro atoms. The van der Waals surface area contributed by atoms with Gasteiger partial charge in [-0.15, -0.1) is 0 Å². The van der Waals surface area contributed by atoms with E-state index in [4.69, 9.17) is 0 Å². The van der Waals surface area contributed by atoms with E-state index in [2.05, 4.69) is 47.2 Å². The highest BCUT2D eigenvalue weighted by Gasteiger charge is 2.40. The lowest BCUT2D eigenvalue weighted by atomic mass is 9.78. The van der Waals surface area contributed by atoms with Crippen molar-refractivity contribution in [3.05, 3.63) is 35.9 Å². The molecule has 2 saturated heterocycles. The van der Waals surface area contributed by atoms with E-state index < -0.39 is 0 Å². The third kappa shape index (κ3) is 2.56. The van der Waals surface area contributed by atoms with Crippen LogP contribution in [-0.2, 0) is 5.54 Å². The van der Waals surface area contributed by atoms with E-state index in [1.54, 1.807) is 5.56 Å². The fraction of sp³-hybridized carbons (Fsp3) is 0.647. The fourth-order valence-corrected chi connectivity index (χ4v) is 3.85. The lowest BCUT2D eigenvalue weighted by Crippen LogP contribution is -2.54. The summed E-state index contributed by atoms with van der Waals surface area (Å²) in [5.41, 5.74) is 1.86. The Balaban J connectivity index is 1.91. The van der Waals surface area contributed by atoms with Gasteiger partial charge in [-0.25, -0.2) is 0 Å². The molecule has 2 aliphatic heterocycles. The summed E-state index contributed by atoms with van der Waals surface area (Å²) in [6.07, 6.45) is 6.75. The number of hydrogen-bond donors (Lipinski definition) is 0. The molecule has 2 aliphatic rings. The summed E-state index contributed by atoms with van der Waals surface area (Å²) >= 11 is 0. The lowest BCUT2D eigenvalue weighted by molar-refractivity contribution is 0.0106. The molecule has 0 atom stereocenters. The molecule has 19 heavy (non-hydrogen) atoms. The monoisotopic (exact) mass is 258 g/mol. The van der Waals surface area contributed by atoms with E-state index in [1.807, 2.05) is 0 Å². The van der Waals surface area contributed by atoms with E-state index in [1.165, 1.54) is 58.3 Å². The second-order valence-electron chi connectivity index (χ2n) is 6.25. The van der Waals surface area contributed by atoms with Crippen molar-refractivity contribution >= 4 is 0 Å². The van der Waals surface area contributed by atoms with E-state index in [0.29, 0.717) is 5.54 Å². The van der Waals surface area contributed by atoms with Gasteiger partial charge in [0, 0.05) is 5.54 Å². The van der Waals surface area contributed by atoms with Crippen molar-refractivity contribution < 1.29 is 0 Å². The Bertz CT molecular complexity index is 387. The second kappa shape index (κ2) is 5.64. The van der Waals surface area contributed by atoms with Gasteiger partial charge in [-0.05, 0) is 64.5 Å². The van der Waals surface area contributed by atoms with Crippen LogP contribution in [0.3, 0.4) is 0 Å². The molecule has 2 fully saturated rings. The van der Waals surface area contributed by atoms with E-state index in [9.17, 15) is 0 Å². The molecule has 0 aliphatic carbocycles. The summed E-state index contributed by atoms with van der Waals surface area (Å²) in [4.78, 5) is 5.27. The molecule has 0 amide bonds. The van der Waals surface area contributed by atoms with Gasteiger partial charge in [-0.1, -0.05) is 36.8 Å². The van der Waals surface area contributed by atoms with Crippen molar-refractivity contribution in [2.45, 2.75) is 37.6 Å². The Morgan fingerprint density at radius 2 is 1.47 bits per heavy atom. The second-order valence-corrected chi connectivity index (χ2v) is 6.25. The first-order valence-corrected chi connectivity index (χ1v) is 7.80. The first kappa shape index (κ1) is 13.1. The number of likely N-dealkylation sites (tertiary alicyclic amines) is 2. The number of rotatable bonds is 2. The summed E-state index contributed by atoms with van der Waals surface area (Å²) in [5.74, 6) is 0. The number of benzene rings is 1. The Morgan fingerprint density at radius 3 is 2.11 bits per heavy atom. The van der Waals surface area contributed by atoms with Crippen LogP contribution in [0.5, 0.6) is 0 Å². The smallest absolute Gasteiger partial charge is 0.0484 e. The zero-order valence-electron chi connectivity index (χ0n) is 12.1. The standard InChI is InChI=1S/C17H26N2/c1-18-14-10-17(11-15-18,16-8-4-2-5-9-16)19-12-6-3-7-13-19/h2,4-5,8-9H,3,6-7,10-15H2,1H3. The van der Waals surface area contributed by atoms with Crippen molar-refractivity contribution in [2.75, 3.05) is 33.2 Å². The summed E-state index contributed by atoms with van der Waals surface area (Å²) in [6, 6.07) is 11.3. The number of nitrogens with zero attached hydrogens (tertiary/aromatic N) is 2. The predicted molar refractivity (Wildman–Crippen MR) is 80.3 cm³/mol. The minimum absolute atomic E-state index is 0.314. The van der Waals surface area contributed by atoms with Crippen LogP contribution in [0.2, 0.25) is 0 Å². The maximum Gasteiger partial charge on any atom is 0.0484 e. The van der Waals surface area contributed by atoms with Gasteiger partial charge in [0.2, 0.25) is 0 Å². The molecule has 2 nitrogen and oxygen atoms in total.